The van der Waals surface area contributed by atoms with Gasteiger partial charge < -0.3 is 20.4 Å². The lowest BCUT2D eigenvalue weighted by molar-refractivity contribution is -0.131. The Balaban J connectivity index is 1.83. The van der Waals surface area contributed by atoms with Crippen molar-refractivity contribution < 1.29 is 14.4 Å². The third-order valence-electron chi connectivity index (χ3n) is 3.88. The normalized spacial score (nSPS) is 14.2. The van der Waals surface area contributed by atoms with E-state index in [-0.39, 0.29) is 17.8 Å². The Morgan fingerprint density at radius 2 is 1.58 bits per heavy atom. The van der Waals surface area contributed by atoms with Gasteiger partial charge in [-0.25, -0.2) is 4.79 Å². The van der Waals surface area contributed by atoms with Crippen molar-refractivity contribution >= 4 is 23.5 Å². The summed E-state index contributed by atoms with van der Waals surface area (Å²) in [5.74, 6) is -0.0679. The van der Waals surface area contributed by atoms with Crippen molar-refractivity contribution in [1.29, 1.82) is 0 Å². The van der Waals surface area contributed by atoms with E-state index >= 15 is 0 Å². The van der Waals surface area contributed by atoms with Crippen molar-refractivity contribution in [3.05, 3.63) is 29.8 Å². The average molecular weight is 332 g/mol. The van der Waals surface area contributed by atoms with Crippen molar-refractivity contribution in [2.45, 2.75) is 20.3 Å². The molecule has 0 spiro atoms. The fourth-order valence-electron chi connectivity index (χ4n) is 2.62. The van der Waals surface area contributed by atoms with Gasteiger partial charge in [-0.2, -0.15) is 0 Å². The van der Waals surface area contributed by atoms with Gasteiger partial charge in [0, 0.05) is 45.3 Å². The van der Waals surface area contributed by atoms with Crippen LogP contribution in [-0.4, -0.2) is 60.4 Å². The second-order valence-corrected chi connectivity index (χ2v) is 5.76. The summed E-state index contributed by atoms with van der Waals surface area (Å²) in [5, 5.41) is 5.47. The number of anilines is 1. The Hall–Kier alpha value is -2.57. The highest BCUT2D eigenvalue weighted by atomic mass is 16.2. The highest BCUT2D eigenvalue weighted by molar-refractivity contribution is 5.88. The molecule has 0 unspecified atom stereocenters. The minimum Gasteiger partial charge on any atom is -0.339 e. The predicted molar refractivity (Wildman–Crippen MR) is 91.7 cm³/mol. The molecule has 0 aromatic heterocycles. The largest absolute Gasteiger partial charge is 0.339 e. The van der Waals surface area contributed by atoms with Gasteiger partial charge in [-0.05, 0) is 24.6 Å². The Bertz CT molecular complexity index is 592. The maximum absolute atomic E-state index is 12.4. The molecule has 130 valence electrons. The first kappa shape index (κ1) is 17.8. The van der Waals surface area contributed by atoms with Crippen LogP contribution in [0.1, 0.15) is 19.4 Å². The smallest absolute Gasteiger partial charge is 0.317 e. The number of piperazine rings is 1. The van der Waals surface area contributed by atoms with Crippen molar-refractivity contribution in [1.82, 2.24) is 15.1 Å². The van der Waals surface area contributed by atoms with Crippen LogP contribution in [0.15, 0.2) is 24.3 Å². The van der Waals surface area contributed by atoms with Gasteiger partial charge in [0.05, 0.1) is 6.42 Å². The number of nitrogens with one attached hydrogen (secondary N) is 2. The molecule has 0 saturated carbocycles. The molecule has 2 N–H and O–H groups in total. The molecule has 24 heavy (non-hydrogen) atoms. The molecule has 1 saturated heterocycles. The molecule has 0 atom stereocenters. The van der Waals surface area contributed by atoms with E-state index in [4.69, 9.17) is 0 Å². The van der Waals surface area contributed by atoms with E-state index in [1.54, 1.807) is 21.9 Å². The van der Waals surface area contributed by atoms with Crippen LogP contribution in [0.5, 0.6) is 0 Å². The number of carbonyl (C=O) groups excluding carboxylic acids is 3. The molecule has 7 nitrogen and oxygen atoms in total. The molecule has 1 aromatic carbocycles. The highest BCUT2D eigenvalue weighted by Gasteiger charge is 2.23. The molecular formula is C17H24N4O3. The first-order valence-electron chi connectivity index (χ1n) is 8.16. The molecule has 1 heterocycles. The van der Waals surface area contributed by atoms with Crippen LogP contribution in [0.25, 0.3) is 0 Å². The number of hydrogen-bond acceptors (Lipinski definition) is 3. The maximum Gasteiger partial charge on any atom is 0.317 e. The monoisotopic (exact) mass is 332 g/mol. The van der Waals surface area contributed by atoms with E-state index < -0.39 is 0 Å². The maximum atomic E-state index is 12.4. The number of nitrogens with zero attached hydrogens (tertiary/aromatic N) is 2. The first-order chi connectivity index (χ1) is 11.5. The van der Waals surface area contributed by atoms with Gasteiger partial charge in [0.1, 0.15) is 0 Å². The fraction of sp³-hybridized carbons (Fsp3) is 0.471. The van der Waals surface area contributed by atoms with Gasteiger partial charge in [0.15, 0.2) is 0 Å². The van der Waals surface area contributed by atoms with Gasteiger partial charge in [0.25, 0.3) is 0 Å². The zero-order valence-electron chi connectivity index (χ0n) is 14.2. The van der Waals surface area contributed by atoms with E-state index in [1.165, 1.54) is 6.92 Å². The summed E-state index contributed by atoms with van der Waals surface area (Å²) in [5.41, 5.74) is 1.62. The van der Waals surface area contributed by atoms with Crippen LogP contribution in [0, 0.1) is 0 Å². The zero-order chi connectivity index (χ0) is 17.5. The molecule has 1 aliphatic rings. The van der Waals surface area contributed by atoms with Gasteiger partial charge in [0.2, 0.25) is 11.8 Å². The summed E-state index contributed by atoms with van der Waals surface area (Å²) < 4.78 is 0. The SMILES string of the molecule is CCNC(=O)N1CCN(C(=O)Cc2ccc(NC(C)=O)cc2)CC1. The topological polar surface area (TPSA) is 81.8 Å². The van der Waals surface area contributed by atoms with Crippen LogP contribution in [0.2, 0.25) is 0 Å². The lowest BCUT2D eigenvalue weighted by Gasteiger charge is -2.34. The van der Waals surface area contributed by atoms with E-state index in [1.807, 2.05) is 19.1 Å². The lowest BCUT2D eigenvalue weighted by Crippen LogP contribution is -2.53. The predicted octanol–water partition coefficient (Wildman–Crippen LogP) is 1.06. The van der Waals surface area contributed by atoms with E-state index in [2.05, 4.69) is 10.6 Å². The molecule has 7 heteroatoms. The van der Waals surface area contributed by atoms with Crippen LogP contribution >= 0.6 is 0 Å². The lowest BCUT2D eigenvalue weighted by atomic mass is 10.1. The first-order valence-corrected chi connectivity index (χ1v) is 8.16. The molecule has 2 rings (SSSR count). The van der Waals surface area contributed by atoms with E-state index in [0.29, 0.717) is 44.8 Å². The molecule has 0 bridgehead atoms. The molecule has 0 radical (unpaired) electrons. The minimum absolute atomic E-state index is 0.0535. The van der Waals surface area contributed by atoms with Crippen LogP contribution in [0.3, 0.4) is 0 Å². The van der Waals surface area contributed by atoms with Gasteiger partial charge >= 0.3 is 6.03 Å². The van der Waals surface area contributed by atoms with Gasteiger partial charge in [-0.1, -0.05) is 12.1 Å². The molecule has 0 aliphatic carbocycles. The van der Waals surface area contributed by atoms with E-state index in [0.717, 1.165) is 5.56 Å². The summed E-state index contributed by atoms with van der Waals surface area (Å²) in [6.45, 7) is 6.16. The van der Waals surface area contributed by atoms with E-state index in [9.17, 15) is 14.4 Å². The number of amides is 4. The number of carbonyl (C=O) groups is 3. The number of urea groups is 1. The Kier molecular flexibility index (Phi) is 6.17. The van der Waals surface area contributed by atoms with Crippen LogP contribution in [0.4, 0.5) is 10.5 Å². The standard InChI is InChI=1S/C17H24N4O3/c1-3-18-17(24)21-10-8-20(9-11-21)16(23)12-14-4-6-15(7-5-14)19-13(2)22/h4-7H,3,8-12H2,1-2H3,(H,18,24)(H,19,22). The summed E-state index contributed by atoms with van der Waals surface area (Å²) in [4.78, 5) is 38.6. The third-order valence-corrected chi connectivity index (χ3v) is 3.88. The van der Waals surface area contributed by atoms with Crippen molar-refractivity contribution in [3.8, 4) is 0 Å². The number of benzene rings is 1. The Labute approximate surface area is 142 Å². The van der Waals surface area contributed by atoms with Crippen molar-refractivity contribution in [2.24, 2.45) is 0 Å². The quantitative estimate of drug-likeness (QED) is 0.865. The summed E-state index contributed by atoms with van der Waals surface area (Å²) in [6.07, 6.45) is 0.321. The van der Waals surface area contributed by atoms with Gasteiger partial charge in [-0.15, -0.1) is 0 Å². The molecule has 1 aliphatic heterocycles. The Morgan fingerprint density at radius 1 is 1.00 bits per heavy atom. The molecule has 4 amide bonds. The van der Waals surface area contributed by atoms with Crippen LogP contribution < -0.4 is 10.6 Å². The highest BCUT2D eigenvalue weighted by Crippen LogP contribution is 2.12. The summed E-state index contributed by atoms with van der Waals surface area (Å²) in [7, 11) is 0. The molecule has 1 fully saturated rings. The third kappa shape index (κ3) is 4.97. The van der Waals surface area contributed by atoms with Crippen molar-refractivity contribution in [3.63, 3.8) is 0 Å². The van der Waals surface area contributed by atoms with Crippen LogP contribution in [-0.2, 0) is 16.0 Å². The summed E-state index contributed by atoms with van der Waals surface area (Å²) >= 11 is 0. The molecule has 1 aromatic rings. The molecular weight excluding hydrogens is 308 g/mol. The zero-order valence-corrected chi connectivity index (χ0v) is 14.2. The number of rotatable bonds is 4. The minimum atomic E-state index is -0.121. The number of hydrogen-bond donors (Lipinski definition) is 2. The average Bonchev–Trinajstić information content (AvgIpc) is 2.56. The van der Waals surface area contributed by atoms with Gasteiger partial charge in [-0.3, -0.25) is 9.59 Å². The second kappa shape index (κ2) is 8.33. The Morgan fingerprint density at radius 3 is 2.12 bits per heavy atom. The van der Waals surface area contributed by atoms with Crippen molar-refractivity contribution in [2.75, 3.05) is 38.0 Å². The summed E-state index contributed by atoms with van der Waals surface area (Å²) in [6, 6.07) is 7.19. The fourth-order valence-corrected chi connectivity index (χ4v) is 2.62. The second-order valence-electron chi connectivity index (χ2n) is 5.76.